The number of hydrogen-bond donors (Lipinski definition) is 6. The van der Waals surface area contributed by atoms with Crippen LogP contribution in [0.25, 0.3) is 0 Å². The van der Waals surface area contributed by atoms with E-state index in [1.165, 1.54) is 19.4 Å². The number of carbonyl (C=O) groups excluding carboxylic acids is 3. The number of aromatic amines is 1. The predicted octanol–water partition coefficient (Wildman–Crippen LogP) is -1.78. The van der Waals surface area contributed by atoms with Gasteiger partial charge in [0, 0.05) is 18.3 Å². The first kappa shape index (κ1) is 23.4. The number of rotatable bonds is 12. The maximum absolute atomic E-state index is 12.5. The van der Waals surface area contributed by atoms with Gasteiger partial charge in [-0.2, -0.15) is 11.8 Å². The minimum Gasteiger partial charge on any atom is -0.480 e. The fourth-order valence-corrected chi connectivity index (χ4v) is 2.61. The number of nitrogens with two attached hydrogens (primary N) is 1. The Labute approximate surface area is 166 Å². The summed E-state index contributed by atoms with van der Waals surface area (Å²) >= 11 is 1.56. The molecular weight excluding hydrogens is 388 g/mol. The van der Waals surface area contributed by atoms with E-state index >= 15 is 0 Å². The molecule has 1 aromatic rings. The van der Waals surface area contributed by atoms with Gasteiger partial charge in [-0.1, -0.05) is 0 Å². The van der Waals surface area contributed by atoms with Gasteiger partial charge in [-0.25, -0.2) is 4.98 Å². The smallest absolute Gasteiger partial charge is 0.325 e. The van der Waals surface area contributed by atoms with Crippen LogP contribution in [0.4, 0.5) is 0 Å². The van der Waals surface area contributed by atoms with E-state index in [9.17, 15) is 19.2 Å². The predicted molar refractivity (Wildman–Crippen MR) is 103 cm³/mol. The molecule has 7 N–H and O–H groups in total. The van der Waals surface area contributed by atoms with E-state index < -0.39 is 48.4 Å². The number of amides is 3. The summed E-state index contributed by atoms with van der Waals surface area (Å²) in [4.78, 5) is 53.9. The molecule has 0 aliphatic heterocycles. The van der Waals surface area contributed by atoms with Crippen LogP contribution in [0.15, 0.2) is 12.5 Å². The molecular formula is C16H26N6O5S. The Morgan fingerprint density at radius 1 is 1.29 bits per heavy atom. The van der Waals surface area contributed by atoms with Crippen LogP contribution in [0.3, 0.4) is 0 Å². The van der Waals surface area contributed by atoms with Crippen molar-refractivity contribution >= 4 is 35.5 Å². The first-order chi connectivity index (χ1) is 13.2. The van der Waals surface area contributed by atoms with Gasteiger partial charge in [0.25, 0.3) is 0 Å². The Morgan fingerprint density at radius 3 is 2.57 bits per heavy atom. The topological polar surface area (TPSA) is 179 Å². The number of aliphatic carboxylic acids is 1. The standard InChI is InChI=1S/C16H26N6O5S/c1-9(16(26)27)21-13(23)7-19-15(25)12(5-10-6-18-8-20-10)22-14(24)11(17)3-4-28-2/h6,8-9,11-12H,3-5,7,17H2,1-2H3,(H,18,20)(H,19,25)(H,21,23)(H,22,24)(H,26,27). The summed E-state index contributed by atoms with van der Waals surface area (Å²) in [5.41, 5.74) is 6.45. The van der Waals surface area contributed by atoms with E-state index in [0.29, 0.717) is 17.9 Å². The molecule has 0 aliphatic rings. The van der Waals surface area contributed by atoms with Gasteiger partial charge in [-0.15, -0.1) is 0 Å². The second-order valence-electron chi connectivity index (χ2n) is 6.08. The molecule has 28 heavy (non-hydrogen) atoms. The second kappa shape index (κ2) is 12.0. The average Bonchev–Trinajstić information content (AvgIpc) is 3.16. The highest BCUT2D eigenvalue weighted by Crippen LogP contribution is 2.02. The molecule has 1 aromatic heterocycles. The molecule has 0 spiro atoms. The molecule has 3 atom stereocenters. The molecule has 1 heterocycles. The monoisotopic (exact) mass is 414 g/mol. The van der Waals surface area contributed by atoms with Crippen molar-refractivity contribution in [3.8, 4) is 0 Å². The zero-order valence-electron chi connectivity index (χ0n) is 15.7. The third-order valence-electron chi connectivity index (χ3n) is 3.75. The summed E-state index contributed by atoms with van der Waals surface area (Å²) in [6, 6.07) is -2.82. The molecule has 156 valence electrons. The second-order valence-corrected chi connectivity index (χ2v) is 7.06. The molecule has 12 heteroatoms. The summed E-state index contributed by atoms with van der Waals surface area (Å²) in [6.45, 7) is 0.879. The Balaban J connectivity index is 2.67. The molecule has 0 saturated heterocycles. The molecule has 0 fully saturated rings. The molecule has 11 nitrogen and oxygen atoms in total. The molecule has 0 aliphatic carbocycles. The highest BCUT2D eigenvalue weighted by molar-refractivity contribution is 7.98. The van der Waals surface area contributed by atoms with Gasteiger partial charge in [0.15, 0.2) is 0 Å². The Morgan fingerprint density at radius 2 is 2.00 bits per heavy atom. The van der Waals surface area contributed by atoms with Crippen LogP contribution in [-0.4, -0.2) is 75.4 Å². The number of nitrogens with one attached hydrogen (secondary N) is 4. The quantitative estimate of drug-likeness (QED) is 0.232. The van der Waals surface area contributed by atoms with Gasteiger partial charge < -0.3 is 31.8 Å². The molecule has 0 bridgehead atoms. The minimum atomic E-state index is -1.19. The van der Waals surface area contributed by atoms with Crippen molar-refractivity contribution in [1.82, 2.24) is 25.9 Å². The van der Waals surface area contributed by atoms with E-state index in [1.54, 1.807) is 11.8 Å². The average molecular weight is 414 g/mol. The number of carboxylic acid groups (broad SMARTS) is 1. The number of aromatic nitrogens is 2. The lowest BCUT2D eigenvalue weighted by Crippen LogP contribution is -2.54. The van der Waals surface area contributed by atoms with Crippen LogP contribution in [0.5, 0.6) is 0 Å². The molecule has 0 aromatic carbocycles. The number of carboxylic acids is 1. The van der Waals surface area contributed by atoms with Crippen LogP contribution < -0.4 is 21.7 Å². The maximum atomic E-state index is 12.5. The highest BCUT2D eigenvalue weighted by Gasteiger charge is 2.25. The number of H-pyrrole nitrogens is 1. The van der Waals surface area contributed by atoms with Gasteiger partial charge in [-0.05, 0) is 25.4 Å². The van der Waals surface area contributed by atoms with Gasteiger partial charge in [-0.3, -0.25) is 19.2 Å². The summed E-state index contributed by atoms with van der Waals surface area (Å²) in [7, 11) is 0. The lowest BCUT2D eigenvalue weighted by Gasteiger charge is -2.20. The molecule has 0 radical (unpaired) electrons. The van der Waals surface area contributed by atoms with E-state index in [0.717, 1.165) is 0 Å². The van der Waals surface area contributed by atoms with Crippen LogP contribution in [-0.2, 0) is 25.6 Å². The zero-order valence-corrected chi connectivity index (χ0v) is 16.5. The van der Waals surface area contributed by atoms with Crippen LogP contribution in [0.2, 0.25) is 0 Å². The van der Waals surface area contributed by atoms with Crippen molar-refractivity contribution in [2.75, 3.05) is 18.6 Å². The summed E-state index contributed by atoms with van der Waals surface area (Å²) in [6.07, 6.45) is 5.44. The fraction of sp³-hybridized carbons (Fsp3) is 0.562. The Bertz CT molecular complexity index is 668. The fourth-order valence-electron chi connectivity index (χ4n) is 2.13. The first-order valence-electron chi connectivity index (χ1n) is 8.56. The summed E-state index contributed by atoms with van der Waals surface area (Å²) in [5, 5.41) is 16.0. The Kier molecular flexibility index (Phi) is 10.0. The third kappa shape index (κ3) is 8.39. The summed E-state index contributed by atoms with van der Waals surface area (Å²) < 4.78 is 0. The van der Waals surface area contributed by atoms with Gasteiger partial charge in [0.1, 0.15) is 12.1 Å². The first-order valence-corrected chi connectivity index (χ1v) is 9.96. The summed E-state index contributed by atoms with van der Waals surface area (Å²) in [5.74, 6) is -2.22. The Hall–Kier alpha value is -2.60. The van der Waals surface area contributed by atoms with Crippen molar-refractivity contribution in [2.45, 2.75) is 37.9 Å². The number of thioether (sulfide) groups is 1. The SMILES string of the molecule is CSCCC(N)C(=O)NC(Cc1cnc[nH]1)C(=O)NCC(=O)NC(C)C(=O)O. The number of imidazole rings is 1. The molecule has 3 amide bonds. The third-order valence-corrected chi connectivity index (χ3v) is 4.40. The highest BCUT2D eigenvalue weighted by atomic mass is 32.2. The van der Waals surface area contributed by atoms with Crippen molar-refractivity contribution in [1.29, 1.82) is 0 Å². The molecule has 0 saturated carbocycles. The van der Waals surface area contributed by atoms with Gasteiger partial charge in [0.05, 0.1) is 18.9 Å². The van der Waals surface area contributed by atoms with Crippen molar-refractivity contribution < 1.29 is 24.3 Å². The van der Waals surface area contributed by atoms with Crippen LogP contribution >= 0.6 is 11.8 Å². The number of nitrogens with zero attached hydrogens (tertiary/aromatic N) is 1. The number of carbonyl (C=O) groups is 4. The van der Waals surface area contributed by atoms with E-state index in [2.05, 4.69) is 25.9 Å². The van der Waals surface area contributed by atoms with Crippen LogP contribution in [0.1, 0.15) is 19.0 Å². The van der Waals surface area contributed by atoms with E-state index in [-0.39, 0.29) is 6.42 Å². The minimum absolute atomic E-state index is 0.125. The normalized spacial score (nSPS) is 13.8. The van der Waals surface area contributed by atoms with Crippen molar-refractivity contribution in [3.05, 3.63) is 18.2 Å². The zero-order chi connectivity index (χ0) is 21.1. The van der Waals surface area contributed by atoms with Crippen molar-refractivity contribution in [3.63, 3.8) is 0 Å². The lowest BCUT2D eigenvalue weighted by molar-refractivity contribution is -0.141. The van der Waals surface area contributed by atoms with Crippen LogP contribution in [0, 0.1) is 0 Å². The molecule has 1 rings (SSSR count). The largest absolute Gasteiger partial charge is 0.480 e. The van der Waals surface area contributed by atoms with E-state index in [4.69, 9.17) is 10.8 Å². The van der Waals surface area contributed by atoms with E-state index in [1.807, 2.05) is 6.26 Å². The maximum Gasteiger partial charge on any atom is 0.325 e. The van der Waals surface area contributed by atoms with Crippen molar-refractivity contribution in [2.24, 2.45) is 5.73 Å². The molecule has 3 unspecified atom stereocenters. The number of hydrogen-bond acceptors (Lipinski definition) is 7. The lowest BCUT2D eigenvalue weighted by atomic mass is 10.1. The van der Waals surface area contributed by atoms with Gasteiger partial charge in [0.2, 0.25) is 17.7 Å². The van der Waals surface area contributed by atoms with Gasteiger partial charge >= 0.3 is 5.97 Å².